The maximum atomic E-state index is 13.1. The number of ether oxygens (including phenoxy) is 1. The van der Waals surface area contributed by atoms with E-state index in [1.165, 1.54) is 24.8 Å². The molecule has 1 unspecified atom stereocenters. The molecular weight excluding hydrogens is 400 g/mol. The van der Waals surface area contributed by atoms with Gasteiger partial charge in [-0.05, 0) is 81.0 Å². The van der Waals surface area contributed by atoms with Gasteiger partial charge >= 0.3 is 0 Å². The van der Waals surface area contributed by atoms with Crippen molar-refractivity contribution in [1.29, 1.82) is 0 Å². The highest BCUT2D eigenvalue weighted by molar-refractivity contribution is 7.89. The Hall–Kier alpha value is -2.38. The Morgan fingerprint density at radius 1 is 1.03 bits per heavy atom. The van der Waals surface area contributed by atoms with Crippen LogP contribution in [0.25, 0.3) is 0 Å². The molecule has 1 N–H and O–H groups in total. The molecule has 30 heavy (non-hydrogen) atoms. The number of nitrogens with zero attached hydrogens (tertiary/aromatic N) is 1. The Balaban J connectivity index is 1.91. The number of amides is 1. The van der Waals surface area contributed by atoms with Gasteiger partial charge in [-0.2, -0.15) is 0 Å². The Morgan fingerprint density at radius 3 is 2.30 bits per heavy atom. The number of sulfonamides is 1. The molecule has 1 amide bonds. The third kappa shape index (κ3) is 4.52. The number of benzene rings is 2. The van der Waals surface area contributed by atoms with Crippen molar-refractivity contribution < 1.29 is 17.9 Å². The van der Waals surface area contributed by atoms with Gasteiger partial charge in [-0.15, -0.1) is 0 Å². The molecule has 1 atom stereocenters. The minimum atomic E-state index is -3.83. The van der Waals surface area contributed by atoms with Gasteiger partial charge in [0.2, 0.25) is 10.0 Å². The number of rotatable bonds is 6. The molecule has 2 aromatic carbocycles. The topological polar surface area (TPSA) is 75.7 Å². The lowest BCUT2D eigenvalue weighted by Crippen LogP contribution is -2.30. The van der Waals surface area contributed by atoms with Crippen molar-refractivity contribution in [2.45, 2.75) is 51.5 Å². The van der Waals surface area contributed by atoms with Crippen molar-refractivity contribution in [3.63, 3.8) is 0 Å². The minimum Gasteiger partial charge on any atom is -0.496 e. The van der Waals surface area contributed by atoms with Crippen LogP contribution in [0.3, 0.4) is 0 Å². The highest BCUT2D eigenvalue weighted by Crippen LogP contribution is 2.27. The van der Waals surface area contributed by atoms with Crippen LogP contribution in [0.15, 0.2) is 35.2 Å². The number of carbonyl (C=O) groups is 1. The fourth-order valence-corrected chi connectivity index (χ4v) is 5.17. The van der Waals surface area contributed by atoms with Gasteiger partial charge in [-0.1, -0.05) is 12.1 Å². The Bertz CT molecular complexity index is 1060. The lowest BCUT2D eigenvalue weighted by Gasteiger charge is -2.20. The first-order valence-electron chi connectivity index (χ1n) is 10.2. The first-order chi connectivity index (χ1) is 14.1. The molecule has 0 bridgehead atoms. The molecule has 0 spiro atoms. The lowest BCUT2D eigenvalue weighted by molar-refractivity contribution is 0.0789. The van der Waals surface area contributed by atoms with Crippen LogP contribution >= 0.6 is 0 Å². The molecule has 7 heteroatoms. The second-order valence-corrected chi connectivity index (χ2v) is 9.71. The summed E-state index contributed by atoms with van der Waals surface area (Å²) in [4.78, 5) is 14.7. The van der Waals surface area contributed by atoms with Crippen molar-refractivity contribution in [1.82, 2.24) is 9.62 Å². The quantitative estimate of drug-likeness (QED) is 0.754. The predicted molar refractivity (Wildman–Crippen MR) is 118 cm³/mol. The van der Waals surface area contributed by atoms with E-state index in [4.69, 9.17) is 4.74 Å². The Kier molecular flexibility index (Phi) is 6.53. The zero-order valence-electron chi connectivity index (χ0n) is 18.3. The molecule has 1 aliphatic heterocycles. The third-order valence-corrected chi connectivity index (χ3v) is 7.32. The summed E-state index contributed by atoms with van der Waals surface area (Å²) in [6.45, 7) is 9.22. The van der Waals surface area contributed by atoms with Crippen LogP contribution < -0.4 is 9.46 Å². The SMILES string of the molecule is COc1ccc(S(=O)(=O)NC(C)c2cc(C)c(C)cc2C)cc1C(=O)N1CCCC1. The smallest absolute Gasteiger partial charge is 0.257 e. The van der Waals surface area contributed by atoms with Crippen LogP contribution in [0, 0.1) is 20.8 Å². The van der Waals surface area contributed by atoms with E-state index in [1.807, 2.05) is 33.8 Å². The number of hydrogen-bond acceptors (Lipinski definition) is 4. The van der Waals surface area contributed by atoms with E-state index in [-0.39, 0.29) is 16.4 Å². The molecule has 0 radical (unpaired) electrons. The van der Waals surface area contributed by atoms with Gasteiger partial charge in [0.25, 0.3) is 5.91 Å². The highest BCUT2D eigenvalue weighted by Gasteiger charge is 2.26. The van der Waals surface area contributed by atoms with Crippen LogP contribution in [-0.2, 0) is 10.0 Å². The predicted octanol–water partition coefficient (Wildman–Crippen LogP) is 3.90. The molecule has 0 saturated carbocycles. The summed E-state index contributed by atoms with van der Waals surface area (Å²) in [5.74, 6) is 0.184. The second-order valence-electron chi connectivity index (χ2n) is 8.00. The van der Waals surface area contributed by atoms with E-state index in [0.29, 0.717) is 18.8 Å². The summed E-state index contributed by atoms with van der Waals surface area (Å²) < 4.78 is 34.3. The van der Waals surface area contributed by atoms with Gasteiger partial charge in [0, 0.05) is 19.1 Å². The van der Waals surface area contributed by atoms with Gasteiger partial charge in [0.1, 0.15) is 5.75 Å². The van der Waals surface area contributed by atoms with Gasteiger partial charge in [0.15, 0.2) is 0 Å². The number of carbonyl (C=O) groups excluding carboxylic acids is 1. The summed E-state index contributed by atoms with van der Waals surface area (Å²) in [6.07, 6.45) is 1.92. The Morgan fingerprint density at radius 2 is 1.67 bits per heavy atom. The van der Waals surface area contributed by atoms with Crippen LogP contribution in [0.2, 0.25) is 0 Å². The van der Waals surface area contributed by atoms with Gasteiger partial charge in [-0.3, -0.25) is 4.79 Å². The highest BCUT2D eigenvalue weighted by atomic mass is 32.2. The first-order valence-corrected chi connectivity index (χ1v) is 11.7. The first kappa shape index (κ1) is 22.3. The molecule has 162 valence electrons. The fraction of sp³-hybridized carbons (Fsp3) is 0.435. The molecule has 1 fully saturated rings. The van der Waals surface area contributed by atoms with E-state index >= 15 is 0 Å². The number of aryl methyl sites for hydroxylation is 3. The molecule has 1 heterocycles. The number of likely N-dealkylation sites (tertiary alicyclic amines) is 1. The standard InChI is InChI=1S/C23H30N2O4S/c1-15-12-17(3)20(13-16(15)2)18(4)24-30(27,28)19-8-9-22(29-5)21(14-19)23(26)25-10-6-7-11-25/h8-9,12-14,18,24H,6-7,10-11H2,1-5H3. The zero-order chi connectivity index (χ0) is 22.1. The molecular formula is C23H30N2O4S. The largest absolute Gasteiger partial charge is 0.496 e. The average Bonchev–Trinajstić information content (AvgIpc) is 3.24. The lowest BCUT2D eigenvalue weighted by atomic mass is 9.97. The van der Waals surface area contributed by atoms with E-state index in [2.05, 4.69) is 10.8 Å². The normalized spacial score (nSPS) is 15.3. The van der Waals surface area contributed by atoms with Crippen LogP contribution in [0.1, 0.15) is 58.4 Å². The van der Waals surface area contributed by atoms with Gasteiger partial charge < -0.3 is 9.64 Å². The molecule has 1 saturated heterocycles. The van der Waals surface area contributed by atoms with Crippen molar-refractivity contribution >= 4 is 15.9 Å². The maximum Gasteiger partial charge on any atom is 0.257 e. The second kappa shape index (κ2) is 8.78. The van der Waals surface area contributed by atoms with Crippen molar-refractivity contribution in [2.24, 2.45) is 0 Å². The van der Waals surface area contributed by atoms with E-state index in [9.17, 15) is 13.2 Å². The summed E-state index contributed by atoms with van der Waals surface area (Å²) in [6, 6.07) is 8.12. The molecule has 2 aromatic rings. The summed E-state index contributed by atoms with van der Waals surface area (Å²) in [5, 5.41) is 0. The maximum absolute atomic E-state index is 13.1. The number of nitrogens with one attached hydrogen (secondary N) is 1. The molecule has 3 rings (SSSR count). The minimum absolute atomic E-state index is 0.0548. The average molecular weight is 431 g/mol. The molecule has 0 aliphatic carbocycles. The Labute approximate surface area is 179 Å². The van der Waals surface area contributed by atoms with Crippen molar-refractivity contribution in [3.8, 4) is 5.75 Å². The van der Waals surface area contributed by atoms with E-state index in [0.717, 1.165) is 29.5 Å². The van der Waals surface area contributed by atoms with Crippen LogP contribution in [-0.4, -0.2) is 39.4 Å². The molecule has 1 aliphatic rings. The third-order valence-electron chi connectivity index (χ3n) is 5.79. The number of hydrogen-bond donors (Lipinski definition) is 1. The molecule has 0 aromatic heterocycles. The van der Waals surface area contributed by atoms with E-state index < -0.39 is 16.1 Å². The number of methoxy groups -OCH3 is 1. The summed E-state index contributed by atoms with van der Waals surface area (Å²) >= 11 is 0. The van der Waals surface area contributed by atoms with Crippen molar-refractivity contribution in [2.75, 3.05) is 20.2 Å². The monoisotopic (exact) mass is 430 g/mol. The van der Waals surface area contributed by atoms with Crippen LogP contribution in [0.4, 0.5) is 0 Å². The zero-order valence-corrected chi connectivity index (χ0v) is 19.1. The van der Waals surface area contributed by atoms with Gasteiger partial charge in [0.05, 0.1) is 17.6 Å². The summed E-state index contributed by atoms with van der Waals surface area (Å²) in [7, 11) is -2.35. The fourth-order valence-electron chi connectivity index (χ4n) is 3.93. The van der Waals surface area contributed by atoms with Crippen LogP contribution in [0.5, 0.6) is 5.75 Å². The van der Waals surface area contributed by atoms with Crippen molar-refractivity contribution in [3.05, 3.63) is 58.1 Å². The summed E-state index contributed by atoms with van der Waals surface area (Å²) in [5.41, 5.74) is 4.53. The van der Waals surface area contributed by atoms with E-state index in [1.54, 1.807) is 11.0 Å². The molecule has 6 nitrogen and oxygen atoms in total. The van der Waals surface area contributed by atoms with Gasteiger partial charge in [-0.25, -0.2) is 13.1 Å².